The largest absolute Gasteiger partial charge is 0.481 e. The van der Waals surface area contributed by atoms with Gasteiger partial charge in [0, 0.05) is 11.9 Å². The highest BCUT2D eigenvalue weighted by Crippen LogP contribution is 2.28. The van der Waals surface area contributed by atoms with Crippen LogP contribution in [0.2, 0.25) is 0 Å². The number of carboxylic acid groups (broad SMARTS) is 1. The minimum absolute atomic E-state index is 0.172. The summed E-state index contributed by atoms with van der Waals surface area (Å²) < 4.78 is 9.09. The van der Waals surface area contributed by atoms with E-state index >= 15 is 0 Å². The molecule has 0 bridgehead atoms. The number of aliphatic carboxylic acids is 1. The van der Waals surface area contributed by atoms with Crippen molar-refractivity contribution in [1.29, 1.82) is 0 Å². The predicted octanol–water partition coefficient (Wildman–Crippen LogP) is 4.58. The number of nitrogens with zero attached hydrogens (tertiary/aromatic N) is 3. The van der Waals surface area contributed by atoms with Crippen LogP contribution in [0.3, 0.4) is 0 Å². The van der Waals surface area contributed by atoms with Crippen molar-refractivity contribution >= 4 is 38.6 Å². The van der Waals surface area contributed by atoms with Gasteiger partial charge in [0.25, 0.3) is 0 Å². The third-order valence-electron chi connectivity index (χ3n) is 5.61. The third kappa shape index (κ3) is 3.54. The van der Waals surface area contributed by atoms with Gasteiger partial charge in [-0.15, -0.1) is 0 Å². The summed E-state index contributed by atoms with van der Waals surface area (Å²) in [5.41, 5.74) is 4.59. The number of aryl methyl sites for hydroxylation is 2. The fourth-order valence-electron chi connectivity index (χ4n) is 4.24. The van der Waals surface area contributed by atoms with E-state index in [1.165, 1.54) is 17.1 Å². The molecule has 1 N–H and O–H groups in total. The zero-order valence-electron chi connectivity index (χ0n) is 17.4. The number of hydrogen-bond acceptors (Lipinski definition) is 4. The maximum atomic E-state index is 13.4. The zero-order valence-corrected chi connectivity index (χ0v) is 18.2. The van der Waals surface area contributed by atoms with E-state index in [2.05, 4.69) is 30.4 Å². The number of benzene rings is 2. The maximum Gasteiger partial charge on any atom is 0.329 e. The molecule has 7 heteroatoms. The van der Waals surface area contributed by atoms with Crippen molar-refractivity contribution in [3.63, 3.8) is 0 Å². The van der Waals surface area contributed by atoms with Crippen molar-refractivity contribution in [1.82, 2.24) is 13.5 Å². The Kier molecular flexibility index (Phi) is 5.47. The Morgan fingerprint density at radius 1 is 1.17 bits per heavy atom. The van der Waals surface area contributed by atoms with Gasteiger partial charge < -0.3 is 5.11 Å². The molecule has 4 rings (SSSR count). The fourth-order valence-corrected chi connectivity index (χ4v) is 5.21. The summed E-state index contributed by atoms with van der Waals surface area (Å²) in [5.74, 6) is -1.45. The number of para-hydroxylation sites is 2. The monoisotopic (exact) mass is 423 g/mol. The lowest BCUT2D eigenvalue weighted by Crippen LogP contribution is -2.29. The molecule has 0 aliphatic heterocycles. The van der Waals surface area contributed by atoms with E-state index in [-0.39, 0.29) is 12.2 Å². The summed E-state index contributed by atoms with van der Waals surface area (Å²) in [5, 5.41) is 10.7. The SMILES string of the molecule is CCCC(Cn1c(=O)n(Cc2nsc3cc(C)cc(C)c23)c2ccccc21)C(=O)O. The highest BCUT2D eigenvalue weighted by Gasteiger charge is 2.22. The van der Waals surface area contributed by atoms with Gasteiger partial charge in [0.05, 0.1) is 33.9 Å². The highest BCUT2D eigenvalue weighted by molar-refractivity contribution is 7.13. The minimum Gasteiger partial charge on any atom is -0.481 e. The van der Waals surface area contributed by atoms with Crippen LogP contribution in [0, 0.1) is 19.8 Å². The summed E-state index contributed by atoms with van der Waals surface area (Å²) in [6, 6.07) is 11.8. The van der Waals surface area contributed by atoms with Crippen LogP contribution in [0.4, 0.5) is 0 Å². The Morgan fingerprint density at radius 2 is 1.87 bits per heavy atom. The fraction of sp³-hybridized carbons (Fsp3) is 0.348. The van der Waals surface area contributed by atoms with Gasteiger partial charge in [-0.05, 0) is 61.1 Å². The molecule has 0 aliphatic carbocycles. The first-order valence-electron chi connectivity index (χ1n) is 10.2. The molecule has 0 saturated heterocycles. The van der Waals surface area contributed by atoms with Gasteiger partial charge in [0.15, 0.2) is 0 Å². The van der Waals surface area contributed by atoms with Gasteiger partial charge in [0.1, 0.15) is 0 Å². The molecular formula is C23H25N3O3S. The molecule has 0 fully saturated rings. The lowest BCUT2D eigenvalue weighted by Gasteiger charge is -2.12. The van der Waals surface area contributed by atoms with Crippen molar-refractivity contribution in [3.05, 3.63) is 63.7 Å². The second kappa shape index (κ2) is 8.07. The van der Waals surface area contributed by atoms with Crippen LogP contribution >= 0.6 is 11.5 Å². The van der Waals surface area contributed by atoms with Gasteiger partial charge in [-0.1, -0.05) is 31.5 Å². The first-order chi connectivity index (χ1) is 14.4. The van der Waals surface area contributed by atoms with E-state index in [0.29, 0.717) is 13.0 Å². The normalized spacial score (nSPS) is 12.6. The molecule has 0 spiro atoms. The standard InChI is InChI=1S/C23H25N3O3S/c1-4-7-16(22(27)28)12-25-18-8-5-6-9-19(18)26(23(25)29)13-17-21-15(3)10-14(2)11-20(21)30-24-17/h5-6,8-11,16H,4,7,12-13H2,1-3H3,(H,27,28). The molecule has 4 aromatic rings. The molecule has 0 saturated carbocycles. The minimum atomic E-state index is -0.864. The van der Waals surface area contributed by atoms with Crippen molar-refractivity contribution in [2.75, 3.05) is 0 Å². The lowest BCUT2D eigenvalue weighted by atomic mass is 10.0. The Hall–Kier alpha value is -2.93. The molecule has 30 heavy (non-hydrogen) atoms. The second-order valence-electron chi connectivity index (χ2n) is 7.88. The van der Waals surface area contributed by atoms with Gasteiger partial charge in [-0.3, -0.25) is 13.9 Å². The van der Waals surface area contributed by atoms with E-state index in [1.807, 2.05) is 31.2 Å². The molecule has 0 amide bonds. The predicted molar refractivity (Wildman–Crippen MR) is 120 cm³/mol. The van der Waals surface area contributed by atoms with E-state index < -0.39 is 11.9 Å². The van der Waals surface area contributed by atoms with Gasteiger partial charge in [-0.2, -0.15) is 4.37 Å². The van der Waals surface area contributed by atoms with Crippen LogP contribution in [-0.4, -0.2) is 24.6 Å². The highest BCUT2D eigenvalue weighted by atomic mass is 32.1. The van der Waals surface area contributed by atoms with Crippen LogP contribution in [-0.2, 0) is 17.9 Å². The number of carbonyl (C=O) groups is 1. The topological polar surface area (TPSA) is 77.1 Å². The molecule has 2 aromatic heterocycles. The van der Waals surface area contributed by atoms with E-state index in [9.17, 15) is 14.7 Å². The van der Waals surface area contributed by atoms with Crippen LogP contribution in [0.5, 0.6) is 0 Å². The van der Waals surface area contributed by atoms with Crippen LogP contribution in [0.1, 0.15) is 36.6 Å². The first-order valence-corrected chi connectivity index (χ1v) is 10.9. The number of rotatable bonds is 7. The van der Waals surface area contributed by atoms with E-state index in [4.69, 9.17) is 0 Å². The average molecular weight is 424 g/mol. The van der Waals surface area contributed by atoms with Crippen molar-refractivity contribution < 1.29 is 9.90 Å². The molecule has 1 unspecified atom stereocenters. The summed E-state index contributed by atoms with van der Waals surface area (Å²) in [6.07, 6.45) is 1.30. The van der Waals surface area contributed by atoms with Crippen molar-refractivity contribution in [2.45, 2.75) is 46.7 Å². The van der Waals surface area contributed by atoms with Crippen LogP contribution in [0.25, 0.3) is 21.1 Å². The molecule has 0 radical (unpaired) electrons. The van der Waals surface area contributed by atoms with Crippen molar-refractivity contribution in [3.8, 4) is 0 Å². The molecule has 0 aliphatic rings. The van der Waals surface area contributed by atoms with E-state index in [1.54, 1.807) is 9.13 Å². The summed E-state index contributed by atoms with van der Waals surface area (Å²) in [7, 11) is 0. The Balaban J connectivity index is 1.82. The van der Waals surface area contributed by atoms with Crippen LogP contribution < -0.4 is 5.69 Å². The summed E-state index contributed by atoms with van der Waals surface area (Å²) in [6.45, 7) is 6.63. The van der Waals surface area contributed by atoms with Gasteiger partial charge in [-0.25, -0.2) is 4.79 Å². The second-order valence-corrected chi connectivity index (χ2v) is 8.68. The molecule has 6 nitrogen and oxygen atoms in total. The Morgan fingerprint density at radius 3 is 2.53 bits per heavy atom. The third-order valence-corrected chi connectivity index (χ3v) is 6.44. The first kappa shape index (κ1) is 20.3. The van der Waals surface area contributed by atoms with Crippen LogP contribution in [0.15, 0.2) is 41.2 Å². The number of aromatic nitrogens is 3. The molecule has 2 heterocycles. The van der Waals surface area contributed by atoms with Gasteiger partial charge in [0.2, 0.25) is 0 Å². The maximum absolute atomic E-state index is 13.4. The molecule has 1 atom stereocenters. The Labute approximate surface area is 178 Å². The zero-order chi connectivity index (χ0) is 21.4. The molecular weight excluding hydrogens is 398 g/mol. The summed E-state index contributed by atoms with van der Waals surface area (Å²) >= 11 is 1.45. The smallest absolute Gasteiger partial charge is 0.329 e. The van der Waals surface area contributed by atoms with E-state index in [0.717, 1.165) is 38.8 Å². The Bertz CT molecular complexity index is 1300. The van der Waals surface area contributed by atoms with Gasteiger partial charge >= 0.3 is 11.7 Å². The lowest BCUT2D eigenvalue weighted by molar-refractivity contribution is -0.142. The number of fused-ring (bicyclic) bond motifs is 2. The van der Waals surface area contributed by atoms with Crippen molar-refractivity contribution in [2.24, 2.45) is 5.92 Å². The number of imidazole rings is 1. The number of carboxylic acids is 1. The number of hydrogen-bond donors (Lipinski definition) is 1. The quantitative estimate of drug-likeness (QED) is 0.472. The molecule has 2 aromatic carbocycles. The average Bonchev–Trinajstić information content (AvgIpc) is 3.22. The summed E-state index contributed by atoms with van der Waals surface area (Å²) in [4.78, 5) is 25.0. The molecule has 156 valence electrons.